The molecule has 1 atom stereocenters. The molecular formula is C36H39N. The van der Waals surface area contributed by atoms with E-state index in [1.807, 2.05) is 13.8 Å². The summed E-state index contributed by atoms with van der Waals surface area (Å²) in [5.74, 6) is 0.585. The summed E-state index contributed by atoms with van der Waals surface area (Å²) in [4.78, 5) is 2.34. The Labute approximate surface area is 223 Å². The third-order valence-corrected chi connectivity index (χ3v) is 7.20. The van der Waals surface area contributed by atoms with Gasteiger partial charge in [-0.1, -0.05) is 120 Å². The maximum Gasteiger partial charge on any atom is 0.0465 e. The molecule has 0 heterocycles. The Morgan fingerprint density at radius 1 is 0.784 bits per heavy atom. The Morgan fingerprint density at radius 3 is 2.14 bits per heavy atom. The van der Waals surface area contributed by atoms with Gasteiger partial charge in [0.15, 0.2) is 0 Å². The first-order chi connectivity index (χ1) is 17.9. The van der Waals surface area contributed by atoms with Crippen molar-refractivity contribution in [1.29, 1.82) is 0 Å². The van der Waals surface area contributed by atoms with Crippen molar-refractivity contribution < 1.29 is 0 Å². The van der Waals surface area contributed by atoms with E-state index in [0.29, 0.717) is 5.92 Å². The van der Waals surface area contributed by atoms with Gasteiger partial charge in [-0.2, -0.15) is 0 Å². The number of fused-ring (bicyclic) bond motifs is 1. The molecule has 0 aromatic heterocycles. The topological polar surface area (TPSA) is 3.24 Å². The zero-order chi connectivity index (χ0) is 26.4. The Morgan fingerprint density at radius 2 is 1.43 bits per heavy atom. The molecule has 0 aliphatic heterocycles. The minimum absolute atomic E-state index is 0.171. The van der Waals surface area contributed by atoms with E-state index in [4.69, 9.17) is 0 Å². The average Bonchev–Trinajstić information content (AvgIpc) is 2.93. The molecule has 5 rings (SSSR count). The van der Waals surface area contributed by atoms with Crippen LogP contribution in [0.4, 0.5) is 17.1 Å². The van der Waals surface area contributed by atoms with Crippen LogP contribution in [0.1, 0.15) is 57.7 Å². The van der Waals surface area contributed by atoms with Gasteiger partial charge in [0.1, 0.15) is 0 Å². The maximum atomic E-state index is 4.37. The molecule has 3 aromatic carbocycles. The van der Waals surface area contributed by atoms with Gasteiger partial charge in [-0.3, -0.25) is 0 Å². The van der Waals surface area contributed by atoms with Gasteiger partial charge in [-0.15, -0.1) is 0 Å². The highest BCUT2D eigenvalue weighted by Gasteiger charge is 2.27. The summed E-state index contributed by atoms with van der Waals surface area (Å²) in [7, 11) is 0. The predicted octanol–water partition coefficient (Wildman–Crippen LogP) is 10.6. The molecule has 2 aliphatic rings. The van der Waals surface area contributed by atoms with Crippen LogP contribution >= 0.6 is 0 Å². The second-order valence-electron chi connectivity index (χ2n) is 10.1. The molecule has 0 N–H and O–H groups in total. The molecule has 0 saturated heterocycles. The van der Waals surface area contributed by atoms with Crippen molar-refractivity contribution in [3.63, 3.8) is 0 Å². The van der Waals surface area contributed by atoms with Crippen molar-refractivity contribution in [1.82, 2.24) is 0 Å². The number of nitrogens with zero attached hydrogens (tertiary/aromatic N) is 1. The van der Waals surface area contributed by atoms with Crippen LogP contribution in [-0.2, 0) is 5.41 Å². The fourth-order valence-corrected chi connectivity index (χ4v) is 4.94. The highest BCUT2D eigenvalue weighted by Crippen LogP contribution is 2.41. The SMILES string of the molecule is C=C1/C=C\C=C/c2ccc(N(c3ccccc3)c3ccc(C4=CC(C)CC=C4)cc3)cc2C1(C)C.CC. The van der Waals surface area contributed by atoms with Crippen LogP contribution in [0.2, 0.25) is 0 Å². The van der Waals surface area contributed by atoms with E-state index < -0.39 is 0 Å². The number of allylic oxidation sites excluding steroid dienone is 8. The van der Waals surface area contributed by atoms with Crippen LogP contribution in [0.3, 0.4) is 0 Å². The van der Waals surface area contributed by atoms with Crippen molar-refractivity contribution in [2.75, 3.05) is 4.90 Å². The van der Waals surface area contributed by atoms with Gasteiger partial charge in [0.25, 0.3) is 0 Å². The Hall–Kier alpha value is -3.84. The molecule has 0 amide bonds. The summed E-state index contributed by atoms with van der Waals surface area (Å²) >= 11 is 0. The normalized spacial score (nSPS) is 19.3. The molecule has 188 valence electrons. The molecule has 1 heteroatoms. The zero-order valence-corrected chi connectivity index (χ0v) is 22.9. The average molecular weight is 486 g/mol. The third kappa shape index (κ3) is 5.62. The van der Waals surface area contributed by atoms with Gasteiger partial charge >= 0.3 is 0 Å². The first-order valence-electron chi connectivity index (χ1n) is 13.5. The van der Waals surface area contributed by atoms with Gasteiger partial charge in [-0.05, 0) is 76.6 Å². The van der Waals surface area contributed by atoms with Crippen molar-refractivity contribution in [2.45, 2.75) is 46.5 Å². The van der Waals surface area contributed by atoms with Crippen molar-refractivity contribution in [3.05, 3.63) is 138 Å². The molecule has 0 radical (unpaired) electrons. The first kappa shape index (κ1) is 26.2. The lowest BCUT2D eigenvalue weighted by Crippen LogP contribution is -2.21. The minimum Gasteiger partial charge on any atom is -0.310 e. The first-order valence-corrected chi connectivity index (χ1v) is 13.5. The number of anilines is 3. The quantitative estimate of drug-likeness (QED) is 0.355. The standard InChI is InChI=1S/C34H33N.C2H6/c1-25-11-10-14-29(23-25)27-17-20-31(21-18-27)35(30-15-6-5-7-16-30)32-22-19-28-13-9-8-12-26(2)34(3,4)33(28)24-32;1-2/h5-10,12-25H,2,11H2,1,3-4H3;1-2H3/b12-8-,13-9-;. The smallest absolute Gasteiger partial charge is 0.0465 e. The van der Waals surface area contributed by atoms with Crippen LogP contribution in [0.5, 0.6) is 0 Å². The number of rotatable bonds is 4. The van der Waals surface area contributed by atoms with E-state index in [1.54, 1.807) is 0 Å². The van der Waals surface area contributed by atoms with E-state index in [9.17, 15) is 0 Å². The monoisotopic (exact) mass is 485 g/mol. The number of hydrogen-bond acceptors (Lipinski definition) is 1. The summed E-state index contributed by atoms with van der Waals surface area (Å²) in [6.07, 6.45) is 16.5. The van der Waals surface area contributed by atoms with Crippen LogP contribution in [0.25, 0.3) is 11.6 Å². The highest BCUT2D eigenvalue weighted by molar-refractivity contribution is 5.81. The van der Waals surface area contributed by atoms with Crippen LogP contribution in [-0.4, -0.2) is 0 Å². The second-order valence-corrected chi connectivity index (χ2v) is 10.1. The fraction of sp³-hybridized carbons (Fsp3) is 0.222. The Bertz CT molecular complexity index is 1350. The zero-order valence-electron chi connectivity index (χ0n) is 22.9. The Kier molecular flexibility index (Phi) is 8.14. The largest absolute Gasteiger partial charge is 0.310 e. The molecule has 37 heavy (non-hydrogen) atoms. The van der Waals surface area contributed by atoms with E-state index in [2.05, 4.69) is 148 Å². The van der Waals surface area contributed by atoms with Crippen LogP contribution in [0.15, 0.2) is 121 Å². The Balaban J connectivity index is 0.00000156. The third-order valence-electron chi connectivity index (χ3n) is 7.20. The lowest BCUT2D eigenvalue weighted by Gasteiger charge is -2.32. The van der Waals surface area contributed by atoms with E-state index in [1.165, 1.54) is 22.3 Å². The maximum absolute atomic E-state index is 4.37. The highest BCUT2D eigenvalue weighted by atomic mass is 15.1. The predicted molar refractivity (Wildman–Crippen MR) is 164 cm³/mol. The summed E-state index contributed by atoms with van der Waals surface area (Å²) < 4.78 is 0. The molecule has 3 aromatic rings. The molecule has 0 spiro atoms. The minimum atomic E-state index is -0.171. The van der Waals surface area contributed by atoms with Crippen molar-refractivity contribution in [2.24, 2.45) is 5.92 Å². The molecular weight excluding hydrogens is 446 g/mol. The summed E-state index contributed by atoms with van der Waals surface area (Å²) in [5, 5.41) is 0. The van der Waals surface area contributed by atoms with Crippen LogP contribution in [0, 0.1) is 5.92 Å². The number of benzene rings is 3. The van der Waals surface area contributed by atoms with Gasteiger partial charge in [0, 0.05) is 22.5 Å². The van der Waals surface area contributed by atoms with E-state index >= 15 is 0 Å². The molecule has 0 bridgehead atoms. The molecule has 1 unspecified atom stereocenters. The van der Waals surface area contributed by atoms with Crippen molar-refractivity contribution in [3.8, 4) is 0 Å². The van der Waals surface area contributed by atoms with Gasteiger partial charge < -0.3 is 4.90 Å². The molecule has 0 fully saturated rings. The van der Waals surface area contributed by atoms with E-state index in [-0.39, 0.29) is 5.41 Å². The summed E-state index contributed by atoms with van der Waals surface area (Å²) in [6.45, 7) is 15.2. The summed E-state index contributed by atoms with van der Waals surface area (Å²) in [5.41, 5.74) is 9.46. The number of hydrogen-bond donors (Lipinski definition) is 0. The van der Waals surface area contributed by atoms with Gasteiger partial charge in [0.2, 0.25) is 0 Å². The summed E-state index contributed by atoms with van der Waals surface area (Å²) in [6, 6.07) is 26.4. The van der Waals surface area contributed by atoms with Crippen LogP contribution < -0.4 is 4.90 Å². The lowest BCUT2D eigenvalue weighted by atomic mass is 9.75. The van der Waals surface area contributed by atoms with Crippen molar-refractivity contribution >= 4 is 28.7 Å². The molecule has 1 nitrogen and oxygen atoms in total. The molecule has 2 aliphatic carbocycles. The van der Waals surface area contributed by atoms with Gasteiger partial charge in [0.05, 0.1) is 0 Å². The second kappa shape index (κ2) is 11.5. The lowest BCUT2D eigenvalue weighted by molar-refractivity contribution is 0.640. The van der Waals surface area contributed by atoms with Gasteiger partial charge in [-0.25, -0.2) is 0 Å². The fourth-order valence-electron chi connectivity index (χ4n) is 4.94. The van der Waals surface area contributed by atoms with E-state index in [0.717, 1.165) is 29.1 Å². The molecule has 0 saturated carbocycles. The number of para-hydroxylation sites is 1.